The molecule has 0 aliphatic carbocycles. The monoisotopic (exact) mass is 194 g/mol. The first-order chi connectivity index (χ1) is 5.20. The Balaban J connectivity index is 3.22. The highest BCUT2D eigenvalue weighted by atomic mass is 35.5. The Hall–Kier alpha value is 0.640. The molecule has 0 spiro atoms. The second-order valence-electron chi connectivity index (χ2n) is 3.19. The third-order valence-corrected chi connectivity index (χ3v) is 3.72. The lowest BCUT2D eigenvalue weighted by atomic mass is 10.3. The predicted molar refractivity (Wildman–Crippen MR) is 56.7 cm³/mol. The van der Waals surface area contributed by atoms with E-state index in [1.54, 1.807) is 0 Å². The van der Waals surface area contributed by atoms with Crippen molar-refractivity contribution in [3.63, 3.8) is 0 Å². The van der Waals surface area contributed by atoms with E-state index < -0.39 is 0 Å². The van der Waals surface area contributed by atoms with Gasteiger partial charge in [-0.05, 0) is 18.1 Å². The molecule has 0 saturated carbocycles. The summed E-state index contributed by atoms with van der Waals surface area (Å²) in [7, 11) is 0. The van der Waals surface area contributed by atoms with Crippen LogP contribution in [0.4, 0.5) is 0 Å². The van der Waals surface area contributed by atoms with Crippen LogP contribution in [0.1, 0.15) is 33.6 Å². The lowest BCUT2D eigenvalue weighted by Crippen LogP contribution is -2.04. The Morgan fingerprint density at radius 3 is 2.45 bits per heavy atom. The van der Waals surface area contributed by atoms with Crippen LogP contribution in [0.15, 0.2) is 0 Å². The second kappa shape index (κ2) is 7.30. The van der Waals surface area contributed by atoms with Crippen LogP contribution in [0.3, 0.4) is 0 Å². The maximum absolute atomic E-state index is 5.70. The molecule has 0 aliphatic heterocycles. The summed E-state index contributed by atoms with van der Waals surface area (Å²) in [5.74, 6) is 2.68. The highest BCUT2D eigenvalue weighted by Crippen LogP contribution is 2.18. The van der Waals surface area contributed by atoms with E-state index >= 15 is 0 Å². The fraction of sp³-hybridized carbons (Fsp3) is 1.00. The lowest BCUT2D eigenvalue weighted by Gasteiger charge is -2.12. The summed E-state index contributed by atoms with van der Waals surface area (Å²) < 4.78 is 0. The Kier molecular flexibility index (Phi) is 7.72. The zero-order chi connectivity index (χ0) is 8.69. The van der Waals surface area contributed by atoms with Gasteiger partial charge in [-0.3, -0.25) is 0 Å². The third-order valence-electron chi connectivity index (χ3n) is 1.62. The largest absolute Gasteiger partial charge is 0.159 e. The number of alkyl halides is 1. The number of thioether (sulfide) groups is 1. The molecule has 0 saturated heterocycles. The first-order valence-corrected chi connectivity index (χ1v) is 5.96. The van der Waals surface area contributed by atoms with Gasteiger partial charge in [0.05, 0.1) is 0 Å². The van der Waals surface area contributed by atoms with Gasteiger partial charge < -0.3 is 0 Å². The van der Waals surface area contributed by atoms with Crippen molar-refractivity contribution >= 4 is 23.4 Å². The van der Waals surface area contributed by atoms with Crippen LogP contribution >= 0.6 is 23.4 Å². The average Bonchev–Trinajstić information content (AvgIpc) is 2.01. The van der Waals surface area contributed by atoms with Crippen LogP contribution in [0.25, 0.3) is 0 Å². The summed E-state index contributed by atoms with van der Waals surface area (Å²) >= 11 is 7.75. The fourth-order valence-corrected chi connectivity index (χ4v) is 2.28. The highest BCUT2D eigenvalue weighted by molar-refractivity contribution is 7.99. The molecule has 0 amide bonds. The maximum Gasteiger partial charge on any atom is 0.0257 e. The van der Waals surface area contributed by atoms with Crippen molar-refractivity contribution in [2.45, 2.75) is 38.9 Å². The van der Waals surface area contributed by atoms with E-state index in [0.29, 0.717) is 5.92 Å². The van der Waals surface area contributed by atoms with Crippen LogP contribution in [0.5, 0.6) is 0 Å². The molecular weight excluding hydrogens is 176 g/mol. The third kappa shape index (κ3) is 7.02. The topological polar surface area (TPSA) is 0 Å². The van der Waals surface area contributed by atoms with E-state index in [0.717, 1.165) is 11.1 Å². The second-order valence-corrected chi connectivity index (χ2v) is 4.97. The molecule has 11 heavy (non-hydrogen) atoms. The van der Waals surface area contributed by atoms with E-state index in [4.69, 9.17) is 11.6 Å². The molecule has 0 fully saturated rings. The molecule has 0 radical (unpaired) electrons. The minimum absolute atomic E-state index is 0.668. The Labute approximate surface area is 80.1 Å². The number of rotatable bonds is 6. The summed E-state index contributed by atoms with van der Waals surface area (Å²) in [6, 6.07) is 0. The summed E-state index contributed by atoms with van der Waals surface area (Å²) in [5.41, 5.74) is 0. The summed E-state index contributed by atoms with van der Waals surface area (Å²) in [5, 5.41) is 0.811. The van der Waals surface area contributed by atoms with Crippen molar-refractivity contribution in [3.05, 3.63) is 0 Å². The first kappa shape index (κ1) is 11.6. The molecule has 0 N–H and O–H groups in total. The highest BCUT2D eigenvalue weighted by Gasteiger charge is 2.04. The standard InChI is InChI=1S/C9H19ClS/c1-4-5-9(3)11-7-8(2)6-10/h8-9H,4-7H2,1-3H3. The lowest BCUT2D eigenvalue weighted by molar-refractivity contribution is 0.744. The smallest absolute Gasteiger partial charge is 0.0257 e. The van der Waals surface area contributed by atoms with Crippen LogP contribution in [-0.2, 0) is 0 Å². The molecule has 2 heteroatoms. The zero-order valence-corrected chi connectivity index (χ0v) is 9.34. The minimum atomic E-state index is 0.668. The van der Waals surface area contributed by atoms with Crippen molar-refractivity contribution in [2.75, 3.05) is 11.6 Å². The molecule has 0 nitrogen and oxygen atoms in total. The molecule has 2 unspecified atom stereocenters. The molecule has 68 valence electrons. The van der Waals surface area contributed by atoms with Crippen molar-refractivity contribution in [2.24, 2.45) is 5.92 Å². The van der Waals surface area contributed by atoms with Gasteiger partial charge in [0, 0.05) is 11.1 Å². The Morgan fingerprint density at radius 1 is 1.36 bits per heavy atom. The fourth-order valence-electron chi connectivity index (χ4n) is 0.863. The van der Waals surface area contributed by atoms with Crippen molar-refractivity contribution < 1.29 is 0 Å². The van der Waals surface area contributed by atoms with E-state index in [1.807, 2.05) is 11.8 Å². The van der Waals surface area contributed by atoms with Gasteiger partial charge >= 0.3 is 0 Å². The van der Waals surface area contributed by atoms with E-state index in [2.05, 4.69) is 20.8 Å². The first-order valence-electron chi connectivity index (χ1n) is 4.38. The Morgan fingerprint density at radius 2 is 2.00 bits per heavy atom. The van der Waals surface area contributed by atoms with Gasteiger partial charge in [-0.25, -0.2) is 0 Å². The van der Waals surface area contributed by atoms with Gasteiger partial charge in [0.2, 0.25) is 0 Å². The van der Waals surface area contributed by atoms with Gasteiger partial charge in [0.15, 0.2) is 0 Å². The molecule has 0 aromatic carbocycles. The van der Waals surface area contributed by atoms with E-state index in [1.165, 1.54) is 18.6 Å². The summed E-state index contributed by atoms with van der Waals surface area (Å²) in [6.07, 6.45) is 2.63. The minimum Gasteiger partial charge on any atom is -0.159 e. The normalized spacial score (nSPS) is 16.4. The van der Waals surface area contributed by atoms with Crippen molar-refractivity contribution in [1.29, 1.82) is 0 Å². The van der Waals surface area contributed by atoms with Crippen LogP contribution in [0.2, 0.25) is 0 Å². The molecule has 2 atom stereocenters. The van der Waals surface area contributed by atoms with Gasteiger partial charge in [-0.15, -0.1) is 11.6 Å². The van der Waals surface area contributed by atoms with Crippen LogP contribution < -0.4 is 0 Å². The van der Waals surface area contributed by atoms with Crippen LogP contribution in [-0.4, -0.2) is 16.9 Å². The molecule has 0 heterocycles. The van der Waals surface area contributed by atoms with Gasteiger partial charge in [-0.1, -0.05) is 27.2 Å². The Bertz CT molecular complexity index is 85.6. The molecule has 0 aromatic heterocycles. The number of hydrogen-bond acceptors (Lipinski definition) is 1. The molecule has 0 aromatic rings. The predicted octanol–water partition coefficient (Wildman–Crippen LogP) is 3.78. The van der Waals surface area contributed by atoms with E-state index in [9.17, 15) is 0 Å². The molecular formula is C9H19ClS. The average molecular weight is 195 g/mol. The maximum atomic E-state index is 5.70. The molecule has 0 aliphatic rings. The van der Waals surface area contributed by atoms with Gasteiger partial charge in [-0.2, -0.15) is 11.8 Å². The molecule has 0 bridgehead atoms. The number of hydrogen-bond donors (Lipinski definition) is 0. The zero-order valence-electron chi connectivity index (χ0n) is 7.77. The van der Waals surface area contributed by atoms with E-state index in [-0.39, 0.29) is 0 Å². The van der Waals surface area contributed by atoms with Crippen LogP contribution in [0, 0.1) is 5.92 Å². The quantitative estimate of drug-likeness (QED) is 0.580. The van der Waals surface area contributed by atoms with Gasteiger partial charge in [0.1, 0.15) is 0 Å². The van der Waals surface area contributed by atoms with Gasteiger partial charge in [0.25, 0.3) is 0 Å². The summed E-state index contributed by atoms with van der Waals surface area (Å²) in [4.78, 5) is 0. The molecule has 0 rings (SSSR count). The van der Waals surface area contributed by atoms with Crippen molar-refractivity contribution in [3.8, 4) is 0 Å². The summed E-state index contributed by atoms with van der Waals surface area (Å²) in [6.45, 7) is 6.75. The SMILES string of the molecule is CCCC(C)SCC(C)CCl. The number of halogens is 1. The van der Waals surface area contributed by atoms with Crippen molar-refractivity contribution in [1.82, 2.24) is 0 Å².